The Morgan fingerprint density at radius 2 is 0.964 bits per heavy atom. The number of phosphoric acid groups is 1. The molecular formula is C43H78NO10P. The van der Waals surface area contributed by atoms with E-state index in [1.807, 2.05) is 0 Å². The first-order valence-corrected chi connectivity index (χ1v) is 23.0. The molecule has 4 N–H and O–H groups in total. The summed E-state index contributed by atoms with van der Waals surface area (Å²) in [4.78, 5) is 45.9. The number of aliphatic carboxylic acids is 1. The molecule has 0 aromatic heterocycles. The molecule has 0 aromatic carbocycles. The molecule has 0 radical (unpaired) electrons. The van der Waals surface area contributed by atoms with Crippen molar-refractivity contribution in [3.05, 3.63) is 36.5 Å². The Balaban J connectivity index is 4.42. The maximum atomic E-state index is 12.6. The number of ether oxygens (including phenoxy) is 2. The van der Waals surface area contributed by atoms with Crippen LogP contribution in [0.15, 0.2) is 36.5 Å². The first kappa shape index (κ1) is 52.7. The molecule has 55 heavy (non-hydrogen) atoms. The highest BCUT2D eigenvalue weighted by Gasteiger charge is 2.28. The van der Waals surface area contributed by atoms with Gasteiger partial charge in [-0.1, -0.05) is 159 Å². The van der Waals surface area contributed by atoms with Crippen molar-refractivity contribution in [2.24, 2.45) is 5.73 Å². The third-order valence-electron chi connectivity index (χ3n) is 9.14. The van der Waals surface area contributed by atoms with Gasteiger partial charge in [0.2, 0.25) is 0 Å². The summed E-state index contributed by atoms with van der Waals surface area (Å²) >= 11 is 0. The number of carboxylic acids is 1. The molecule has 0 fully saturated rings. The van der Waals surface area contributed by atoms with Gasteiger partial charge in [0.25, 0.3) is 0 Å². The predicted octanol–water partition coefficient (Wildman–Crippen LogP) is 11.2. The Kier molecular flexibility index (Phi) is 37.0. The van der Waals surface area contributed by atoms with Crippen LogP contribution in [0.5, 0.6) is 0 Å². The van der Waals surface area contributed by atoms with Gasteiger partial charge in [-0.3, -0.25) is 23.4 Å². The van der Waals surface area contributed by atoms with Gasteiger partial charge in [0.1, 0.15) is 12.6 Å². The van der Waals surface area contributed by atoms with Crippen molar-refractivity contribution in [1.82, 2.24) is 0 Å². The van der Waals surface area contributed by atoms with Crippen molar-refractivity contribution < 1.29 is 47.5 Å². The van der Waals surface area contributed by atoms with Crippen LogP contribution in [0.25, 0.3) is 0 Å². The fourth-order valence-electron chi connectivity index (χ4n) is 5.72. The summed E-state index contributed by atoms with van der Waals surface area (Å²) in [5.74, 6) is -2.42. The fourth-order valence-corrected chi connectivity index (χ4v) is 6.50. The Morgan fingerprint density at radius 3 is 1.47 bits per heavy atom. The number of rotatable bonds is 40. The third-order valence-corrected chi connectivity index (χ3v) is 10.1. The van der Waals surface area contributed by atoms with Gasteiger partial charge in [-0.25, -0.2) is 4.57 Å². The van der Waals surface area contributed by atoms with E-state index in [-0.39, 0.29) is 19.4 Å². The second kappa shape index (κ2) is 38.6. The topological polar surface area (TPSA) is 172 Å². The SMILES string of the molecule is CCCCC/C=C/C/C=C/C/C=C/CCCCC(=O)OC[C@H](COP(=O)(O)OC[C@H](N)C(=O)O)OC(=O)CCCCCCCCCCCCCCCCCC. The van der Waals surface area contributed by atoms with Crippen molar-refractivity contribution >= 4 is 25.7 Å². The van der Waals surface area contributed by atoms with Gasteiger partial charge in [-0.15, -0.1) is 0 Å². The Hall–Kier alpha value is -2.30. The van der Waals surface area contributed by atoms with E-state index in [1.165, 1.54) is 96.3 Å². The average Bonchev–Trinajstić information content (AvgIpc) is 3.16. The lowest BCUT2D eigenvalue weighted by atomic mass is 10.0. The number of phosphoric ester groups is 1. The van der Waals surface area contributed by atoms with E-state index in [4.69, 9.17) is 24.8 Å². The Labute approximate surface area is 333 Å². The molecular weight excluding hydrogens is 721 g/mol. The molecule has 0 rings (SSSR count). The van der Waals surface area contributed by atoms with Gasteiger partial charge in [0.15, 0.2) is 6.10 Å². The zero-order chi connectivity index (χ0) is 40.7. The van der Waals surface area contributed by atoms with E-state index in [0.29, 0.717) is 12.8 Å². The van der Waals surface area contributed by atoms with E-state index >= 15 is 0 Å². The summed E-state index contributed by atoms with van der Waals surface area (Å²) in [5, 5.41) is 8.88. The van der Waals surface area contributed by atoms with Gasteiger partial charge in [-0.05, 0) is 51.4 Å². The van der Waals surface area contributed by atoms with Gasteiger partial charge in [0.05, 0.1) is 13.2 Å². The zero-order valence-electron chi connectivity index (χ0n) is 34.5. The van der Waals surface area contributed by atoms with Crippen molar-refractivity contribution in [1.29, 1.82) is 0 Å². The maximum Gasteiger partial charge on any atom is 0.472 e. The summed E-state index contributed by atoms with van der Waals surface area (Å²) in [6, 6.07) is -1.52. The van der Waals surface area contributed by atoms with Gasteiger partial charge >= 0.3 is 25.7 Å². The summed E-state index contributed by atoms with van der Waals surface area (Å²) in [7, 11) is -4.72. The molecule has 0 aromatic rings. The van der Waals surface area contributed by atoms with Crippen LogP contribution in [-0.2, 0) is 37.5 Å². The molecule has 0 aliphatic carbocycles. The molecule has 11 nitrogen and oxygen atoms in total. The molecule has 0 amide bonds. The number of hydrogen-bond acceptors (Lipinski definition) is 9. The number of allylic oxidation sites excluding steroid dienone is 6. The average molecular weight is 800 g/mol. The number of esters is 2. The lowest BCUT2D eigenvalue weighted by Crippen LogP contribution is -2.34. The van der Waals surface area contributed by atoms with Crippen molar-refractivity contribution in [2.45, 2.75) is 199 Å². The summed E-state index contributed by atoms with van der Waals surface area (Å²) in [6.07, 6.45) is 40.7. The monoisotopic (exact) mass is 800 g/mol. The summed E-state index contributed by atoms with van der Waals surface area (Å²) in [5.41, 5.74) is 5.33. The fraction of sp³-hybridized carbons (Fsp3) is 0.791. The minimum atomic E-state index is -4.72. The lowest BCUT2D eigenvalue weighted by Gasteiger charge is -2.20. The number of unbranched alkanes of at least 4 members (excludes halogenated alkanes) is 20. The van der Waals surface area contributed by atoms with Gasteiger partial charge in [0, 0.05) is 12.8 Å². The quantitative estimate of drug-likeness (QED) is 0.0233. The lowest BCUT2D eigenvalue weighted by molar-refractivity contribution is -0.161. The van der Waals surface area contributed by atoms with Crippen LogP contribution in [0, 0.1) is 0 Å². The molecule has 0 aliphatic heterocycles. The highest BCUT2D eigenvalue weighted by Crippen LogP contribution is 2.43. The molecule has 0 bridgehead atoms. The third kappa shape index (κ3) is 38.4. The number of hydrogen-bond donors (Lipinski definition) is 3. The highest BCUT2D eigenvalue weighted by molar-refractivity contribution is 7.47. The molecule has 0 aliphatic rings. The van der Waals surface area contributed by atoms with Crippen LogP contribution in [0.4, 0.5) is 0 Å². The molecule has 0 saturated carbocycles. The minimum Gasteiger partial charge on any atom is -0.480 e. The van der Waals surface area contributed by atoms with Crippen molar-refractivity contribution in [3.63, 3.8) is 0 Å². The summed E-state index contributed by atoms with van der Waals surface area (Å²) < 4.78 is 32.6. The van der Waals surface area contributed by atoms with Crippen LogP contribution >= 0.6 is 7.82 Å². The minimum absolute atomic E-state index is 0.156. The molecule has 3 atom stereocenters. The molecule has 0 heterocycles. The van der Waals surface area contributed by atoms with E-state index in [2.05, 4.69) is 54.8 Å². The molecule has 12 heteroatoms. The van der Waals surface area contributed by atoms with E-state index < -0.39 is 51.1 Å². The van der Waals surface area contributed by atoms with Crippen LogP contribution in [0.1, 0.15) is 187 Å². The Morgan fingerprint density at radius 1 is 0.564 bits per heavy atom. The van der Waals surface area contributed by atoms with E-state index in [9.17, 15) is 23.8 Å². The first-order chi connectivity index (χ1) is 26.6. The van der Waals surface area contributed by atoms with Crippen LogP contribution in [0.3, 0.4) is 0 Å². The number of carboxylic acid groups (broad SMARTS) is 1. The summed E-state index contributed by atoms with van der Waals surface area (Å²) in [6.45, 7) is 2.74. The molecule has 0 spiro atoms. The van der Waals surface area contributed by atoms with Crippen molar-refractivity contribution in [2.75, 3.05) is 19.8 Å². The number of nitrogens with two attached hydrogens (primary N) is 1. The van der Waals surface area contributed by atoms with Crippen molar-refractivity contribution in [3.8, 4) is 0 Å². The number of carbonyl (C=O) groups is 3. The largest absolute Gasteiger partial charge is 0.480 e. The zero-order valence-corrected chi connectivity index (χ0v) is 35.4. The van der Waals surface area contributed by atoms with Crippen LogP contribution in [0.2, 0.25) is 0 Å². The first-order valence-electron chi connectivity index (χ1n) is 21.5. The Bertz CT molecular complexity index is 1080. The highest BCUT2D eigenvalue weighted by atomic mass is 31.2. The van der Waals surface area contributed by atoms with Crippen LogP contribution < -0.4 is 5.73 Å². The van der Waals surface area contributed by atoms with E-state index in [0.717, 1.165) is 51.4 Å². The smallest absolute Gasteiger partial charge is 0.472 e. The molecule has 0 saturated heterocycles. The normalized spacial score (nSPS) is 14.1. The second-order valence-electron chi connectivity index (χ2n) is 14.5. The predicted molar refractivity (Wildman–Crippen MR) is 222 cm³/mol. The van der Waals surface area contributed by atoms with Gasteiger partial charge in [-0.2, -0.15) is 0 Å². The molecule has 1 unspecified atom stereocenters. The van der Waals surface area contributed by atoms with Crippen LogP contribution in [-0.4, -0.2) is 59.9 Å². The van der Waals surface area contributed by atoms with Gasteiger partial charge < -0.3 is 25.2 Å². The molecule has 320 valence electrons. The van der Waals surface area contributed by atoms with E-state index in [1.54, 1.807) is 0 Å². The second-order valence-corrected chi connectivity index (χ2v) is 15.9. The maximum absolute atomic E-state index is 12.6. The standard InChI is InChI=1S/C43H78NO10P/c1-3-5-7-9-11-13-15-17-19-21-23-25-27-29-31-33-35-42(46)54-39(37-52-55(49,50)53-38-40(44)43(47)48)36-51-41(45)34-32-30-28-26-24-22-20-18-16-14-12-10-8-6-4-2/h12,14,18,20,24,26,39-40H,3-11,13,15-17,19,21-23,25,27-38,44H2,1-2H3,(H,47,48)(H,49,50)/b14-12+,20-18+,26-24+/t39-,40+/m1/s1. The number of carbonyl (C=O) groups excluding carboxylic acids is 2.